The number of rotatable bonds is 6. The molecule has 0 radical (unpaired) electrons. The van der Waals surface area contributed by atoms with E-state index in [2.05, 4.69) is 5.32 Å². The Hall–Kier alpha value is -2.25. The van der Waals surface area contributed by atoms with Gasteiger partial charge in [0.1, 0.15) is 5.75 Å². The maximum Gasteiger partial charge on any atom is 0.264 e. The predicted molar refractivity (Wildman–Crippen MR) is 119 cm³/mol. The standard InChI is InChI=1S/C22H27ClN2O4S/c1-25(17-9-11-18(29-2)12-10-17)30(27,28)19-13-14-21(23)20(15-19)22(26)24-16-7-5-3-4-6-8-16/h9-16H,3-8H2,1-2H3,(H,24,26). The van der Waals surface area contributed by atoms with Crippen LogP contribution in [-0.2, 0) is 10.0 Å². The Kier molecular flexibility index (Phi) is 7.26. The molecule has 30 heavy (non-hydrogen) atoms. The molecule has 1 aliphatic rings. The summed E-state index contributed by atoms with van der Waals surface area (Å²) in [6.45, 7) is 0. The van der Waals surface area contributed by atoms with Gasteiger partial charge in [-0.05, 0) is 55.3 Å². The topological polar surface area (TPSA) is 75.7 Å². The van der Waals surface area contributed by atoms with Gasteiger partial charge in [0.05, 0.1) is 28.3 Å². The monoisotopic (exact) mass is 450 g/mol. The van der Waals surface area contributed by atoms with E-state index < -0.39 is 10.0 Å². The molecule has 6 nitrogen and oxygen atoms in total. The highest BCUT2D eigenvalue weighted by Gasteiger charge is 2.25. The third kappa shape index (κ3) is 5.08. The molecule has 1 saturated carbocycles. The second-order valence-corrected chi connectivity index (χ2v) is 9.85. The highest BCUT2D eigenvalue weighted by molar-refractivity contribution is 7.92. The minimum absolute atomic E-state index is 0.0104. The van der Waals surface area contributed by atoms with Gasteiger partial charge in [0, 0.05) is 13.1 Å². The number of halogens is 1. The smallest absolute Gasteiger partial charge is 0.264 e. The number of nitrogens with zero attached hydrogens (tertiary/aromatic N) is 1. The average Bonchev–Trinajstić information content (AvgIpc) is 3.02. The van der Waals surface area contributed by atoms with Crippen LogP contribution in [-0.4, -0.2) is 34.5 Å². The molecule has 0 heterocycles. The van der Waals surface area contributed by atoms with Crippen molar-refractivity contribution < 1.29 is 17.9 Å². The van der Waals surface area contributed by atoms with E-state index in [1.165, 1.54) is 42.4 Å². The summed E-state index contributed by atoms with van der Waals surface area (Å²) in [5, 5.41) is 3.25. The van der Waals surface area contributed by atoms with Crippen LogP contribution < -0.4 is 14.4 Å². The molecule has 0 unspecified atom stereocenters. The molecule has 3 rings (SSSR count). The molecule has 1 amide bonds. The molecule has 2 aromatic carbocycles. The predicted octanol–water partition coefficient (Wildman–Crippen LogP) is 4.63. The first-order valence-corrected chi connectivity index (χ1v) is 11.9. The van der Waals surface area contributed by atoms with Gasteiger partial charge >= 0.3 is 0 Å². The van der Waals surface area contributed by atoms with Gasteiger partial charge in [0.25, 0.3) is 15.9 Å². The first-order chi connectivity index (χ1) is 14.3. The lowest BCUT2D eigenvalue weighted by atomic mass is 10.1. The molecular weight excluding hydrogens is 424 g/mol. The summed E-state index contributed by atoms with van der Waals surface area (Å²) in [5.41, 5.74) is 0.653. The number of hydrogen-bond acceptors (Lipinski definition) is 4. The molecule has 0 aliphatic heterocycles. The number of benzene rings is 2. The molecule has 0 saturated heterocycles. The van der Waals surface area contributed by atoms with E-state index in [-0.39, 0.29) is 27.4 Å². The summed E-state index contributed by atoms with van der Waals surface area (Å²) in [5.74, 6) is 0.296. The van der Waals surface area contributed by atoms with Gasteiger partial charge in [-0.15, -0.1) is 0 Å². The van der Waals surface area contributed by atoms with Crippen LogP contribution in [0.1, 0.15) is 48.9 Å². The summed E-state index contributed by atoms with van der Waals surface area (Å²) in [6, 6.07) is 11.0. The van der Waals surface area contributed by atoms with Crippen molar-refractivity contribution >= 4 is 33.2 Å². The van der Waals surface area contributed by atoms with Crippen LogP contribution in [0.2, 0.25) is 5.02 Å². The van der Waals surface area contributed by atoms with Crippen molar-refractivity contribution in [2.24, 2.45) is 0 Å². The lowest BCUT2D eigenvalue weighted by molar-refractivity contribution is 0.0933. The van der Waals surface area contributed by atoms with Crippen LogP contribution in [0, 0.1) is 0 Å². The molecule has 1 fully saturated rings. The second-order valence-electron chi connectivity index (χ2n) is 7.47. The van der Waals surface area contributed by atoms with Gasteiger partial charge in [-0.3, -0.25) is 9.10 Å². The van der Waals surface area contributed by atoms with E-state index in [1.54, 1.807) is 31.4 Å². The molecule has 2 aromatic rings. The SMILES string of the molecule is COc1ccc(N(C)S(=O)(=O)c2ccc(Cl)c(C(=O)NC3CCCCCC3)c2)cc1. The van der Waals surface area contributed by atoms with E-state index in [4.69, 9.17) is 16.3 Å². The average molecular weight is 451 g/mol. The zero-order chi connectivity index (χ0) is 21.7. The number of anilines is 1. The molecule has 0 bridgehead atoms. The number of methoxy groups -OCH3 is 1. The van der Waals surface area contributed by atoms with Crippen LogP contribution in [0.4, 0.5) is 5.69 Å². The van der Waals surface area contributed by atoms with Crippen LogP contribution >= 0.6 is 11.6 Å². The van der Waals surface area contributed by atoms with Crippen LogP contribution in [0.3, 0.4) is 0 Å². The summed E-state index contributed by atoms with van der Waals surface area (Å²) in [6.07, 6.45) is 6.39. The normalized spacial score (nSPS) is 15.3. The van der Waals surface area contributed by atoms with Crippen molar-refractivity contribution in [3.63, 3.8) is 0 Å². The van der Waals surface area contributed by atoms with Gasteiger partial charge in [0.15, 0.2) is 0 Å². The van der Waals surface area contributed by atoms with Crippen molar-refractivity contribution in [2.75, 3.05) is 18.5 Å². The van der Waals surface area contributed by atoms with Crippen molar-refractivity contribution in [2.45, 2.75) is 49.5 Å². The quantitative estimate of drug-likeness (QED) is 0.651. The highest BCUT2D eigenvalue weighted by Crippen LogP contribution is 2.27. The molecule has 162 valence electrons. The van der Waals surface area contributed by atoms with Crippen LogP contribution in [0.15, 0.2) is 47.4 Å². The summed E-state index contributed by atoms with van der Waals surface area (Å²) in [4.78, 5) is 12.8. The Morgan fingerprint density at radius 1 is 1.07 bits per heavy atom. The Bertz CT molecular complexity index is 985. The highest BCUT2D eigenvalue weighted by atomic mass is 35.5. The Morgan fingerprint density at radius 3 is 2.30 bits per heavy atom. The van der Waals surface area contributed by atoms with Crippen molar-refractivity contribution in [1.29, 1.82) is 0 Å². The summed E-state index contributed by atoms with van der Waals surface area (Å²) >= 11 is 6.24. The Labute approximate surface area is 183 Å². The van der Waals surface area contributed by atoms with Gasteiger partial charge < -0.3 is 10.1 Å². The van der Waals surface area contributed by atoms with Crippen LogP contribution in [0.25, 0.3) is 0 Å². The van der Waals surface area contributed by atoms with Gasteiger partial charge in [-0.2, -0.15) is 0 Å². The third-order valence-corrected chi connectivity index (χ3v) is 7.58. The van der Waals surface area contributed by atoms with E-state index in [9.17, 15) is 13.2 Å². The maximum atomic E-state index is 13.1. The lowest BCUT2D eigenvalue weighted by Gasteiger charge is -2.21. The molecular formula is C22H27ClN2O4S. The van der Waals surface area contributed by atoms with E-state index in [0.717, 1.165) is 25.7 Å². The summed E-state index contributed by atoms with van der Waals surface area (Å²) in [7, 11) is -0.854. The number of carbonyl (C=O) groups excluding carboxylic acids is 1. The van der Waals surface area contributed by atoms with E-state index in [0.29, 0.717) is 11.4 Å². The number of amides is 1. The molecule has 8 heteroatoms. The Balaban J connectivity index is 1.84. The molecule has 0 atom stereocenters. The lowest BCUT2D eigenvalue weighted by Crippen LogP contribution is -2.34. The number of ether oxygens (including phenoxy) is 1. The fraction of sp³-hybridized carbons (Fsp3) is 0.409. The van der Waals surface area contributed by atoms with E-state index in [1.807, 2.05) is 0 Å². The zero-order valence-corrected chi connectivity index (χ0v) is 18.8. The number of nitrogens with one attached hydrogen (secondary N) is 1. The maximum absolute atomic E-state index is 13.1. The molecule has 0 spiro atoms. The number of hydrogen-bond donors (Lipinski definition) is 1. The minimum atomic E-state index is -3.87. The minimum Gasteiger partial charge on any atom is -0.497 e. The number of sulfonamides is 1. The van der Waals surface area contributed by atoms with Crippen LogP contribution in [0.5, 0.6) is 5.75 Å². The fourth-order valence-electron chi connectivity index (χ4n) is 3.61. The van der Waals surface area contributed by atoms with Gasteiger partial charge in [0.2, 0.25) is 0 Å². The van der Waals surface area contributed by atoms with Crippen molar-refractivity contribution in [3.05, 3.63) is 53.1 Å². The number of carbonyl (C=O) groups is 1. The largest absolute Gasteiger partial charge is 0.497 e. The molecule has 1 aliphatic carbocycles. The van der Waals surface area contributed by atoms with Crippen molar-refractivity contribution in [1.82, 2.24) is 5.32 Å². The van der Waals surface area contributed by atoms with Gasteiger partial charge in [-0.25, -0.2) is 8.42 Å². The van der Waals surface area contributed by atoms with E-state index >= 15 is 0 Å². The van der Waals surface area contributed by atoms with Gasteiger partial charge in [-0.1, -0.05) is 37.3 Å². The zero-order valence-electron chi connectivity index (χ0n) is 17.2. The fourth-order valence-corrected chi connectivity index (χ4v) is 5.04. The summed E-state index contributed by atoms with van der Waals surface area (Å²) < 4.78 is 32.5. The Morgan fingerprint density at radius 2 is 1.70 bits per heavy atom. The first kappa shape index (κ1) is 22.4. The first-order valence-electron chi connectivity index (χ1n) is 10.1. The molecule has 1 N–H and O–H groups in total. The third-order valence-electron chi connectivity index (χ3n) is 5.47. The molecule has 0 aromatic heterocycles. The van der Waals surface area contributed by atoms with Crippen molar-refractivity contribution in [3.8, 4) is 5.75 Å². The second kappa shape index (κ2) is 9.71.